The van der Waals surface area contributed by atoms with Gasteiger partial charge in [-0.1, -0.05) is 19.1 Å². The molecule has 6 nitrogen and oxygen atoms in total. The van der Waals surface area contributed by atoms with Gasteiger partial charge in [0.05, 0.1) is 6.10 Å². The topological polar surface area (TPSA) is 89.9 Å². The number of likely N-dealkylation sites (tertiary alicyclic amines) is 1. The molecule has 2 rings (SSSR count). The predicted molar refractivity (Wildman–Crippen MR) is 73.6 cm³/mol. The Bertz CT molecular complexity index is 500. The van der Waals surface area contributed by atoms with Crippen LogP contribution in [0.3, 0.4) is 0 Å². The summed E-state index contributed by atoms with van der Waals surface area (Å²) in [6.07, 6.45) is 0.190. The Balaban J connectivity index is 2.04. The maximum Gasteiger partial charge on any atom is 0.326 e. The zero-order valence-corrected chi connectivity index (χ0v) is 11.2. The highest BCUT2D eigenvalue weighted by atomic mass is 16.4. The van der Waals surface area contributed by atoms with Crippen molar-refractivity contribution in [3.05, 3.63) is 29.8 Å². The van der Waals surface area contributed by atoms with Gasteiger partial charge in [-0.2, -0.15) is 0 Å². The van der Waals surface area contributed by atoms with Gasteiger partial charge in [-0.3, -0.25) is 0 Å². The highest BCUT2D eigenvalue weighted by Gasteiger charge is 2.38. The minimum atomic E-state index is -1.10. The van der Waals surface area contributed by atoms with E-state index in [1.54, 1.807) is 12.1 Å². The van der Waals surface area contributed by atoms with Crippen LogP contribution in [0.5, 0.6) is 0 Å². The van der Waals surface area contributed by atoms with Gasteiger partial charge in [-0.25, -0.2) is 9.59 Å². The van der Waals surface area contributed by atoms with Crippen LogP contribution in [-0.2, 0) is 11.2 Å². The number of amides is 2. The maximum absolute atomic E-state index is 12.1. The third-order valence-electron chi connectivity index (χ3n) is 3.44. The van der Waals surface area contributed by atoms with Crippen molar-refractivity contribution in [2.75, 3.05) is 11.9 Å². The Morgan fingerprint density at radius 1 is 1.35 bits per heavy atom. The van der Waals surface area contributed by atoms with Crippen LogP contribution in [0.2, 0.25) is 0 Å². The summed E-state index contributed by atoms with van der Waals surface area (Å²) in [7, 11) is 0. The summed E-state index contributed by atoms with van der Waals surface area (Å²) in [4.78, 5) is 24.3. The van der Waals surface area contributed by atoms with Gasteiger partial charge in [0.15, 0.2) is 0 Å². The second-order valence-electron chi connectivity index (χ2n) is 4.88. The van der Waals surface area contributed by atoms with Crippen molar-refractivity contribution in [1.29, 1.82) is 0 Å². The van der Waals surface area contributed by atoms with Crippen LogP contribution in [0.25, 0.3) is 0 Å². The first-order valence-electron chi connectivity index (χ1n) is 6.58. The number of β-amino-alcohol motifs (C(OH)–C–C–N with tert-alkyl or cyclic N) is 1. The molecule has 1 fully saturated rings. The summed E-state index contributed by atoms with van der Waals surface area (Å²) >= 11 is 0. The van der Waals surface area contributed by atoms with E-state index in [1.165, 1.54) is 0 Å². The Labute approximate surface area is 117 Å². The molecule has 0 radical (unpaired) electrons. The number of carbonyl (C=O) groups excluding carboxylic acids is 1. The molecule has 2 amide bonds. The number of hydrogen-bond donors (Lipinski definition) is 3. The minimum Gasteiger partial charge on any atom is -0.480 e. The van der Waals surface area contributed by atoms with Crippen molar-refractivity contribution < 1.29 is 19.8 Å². The summed E-state index contributed by atoms with van der Waals surface area (Å²) in [5, 5.41) is 21.2. The van der Waals surface area contributed by atoms with E-state index in [1.807, 2.05) is 19.1 Å². The first-order valence-corrected chi connectivity index (χ1v) is 6.58. The number of nitrogens with zero attached hydrogens (tertiary/aromatic N) is 1. The normalized spacial score (nSPS) is 21.8. The quantitative estimate of drug-likeness (QED) is 0.777. The Hall–Kier alpha value is -2.08. The maximum atomic E-state index is 12.1. The van der Waals surface area contributed by atoms with Crippen molar-refractivity contribution in [3.8, 4) is 0 Å². The number of carboxylic acids is 1. The molecule has 0 unspecified atom stereocenters. The van der Waals surface area contributed by atoms with E-state index in [4.69, 9.17) is 5.11 Å². The van der Waals surface area contributed by atoms with Crippen molar-refractivity contribution in [1.82, 2.24) is 4.90 Å². The van der Waals surface area contributed by atoms with Crippen LogP contribution >= 0.6 is 0 Å². The van der Waals surface area contributed by atoms with Gasteiger partial charge in [-0.05, 0) is 24.1 Å². The number of carbonyl (C=O) groups is 2. The molecule has 1 aromatic carbocycles. The lowest BCUT2D eigenvalue weighted by atomic mass is 10.1. The van der Waals surface area contributed by atoms with E-state index in [0.29, 0.717) is 5.69 Å². The lowest BCUT2D eigenvalue weighted by Crippen LogP contribution is -2.43. The van der Waals surface area contributed by atoms with Gasteiger partial charge < -0.3 is 20.4 Å². The highest BCUT2D eigenvalue weighted by Crippen LogP contribution is 2.20. The fourth-order valence-corrected chi connectivity index (χ4v) is 2.29. The van der Waals surface area contributed by atoms with Gasteiger partial charge in [0, 0.05) is 18.7 Å². The number of urea groups is 1. The molecule has 0 bridgehead atoms. The number of benzene rings is 1. The molecule has 0 aliphatic carbocycles. The predicted octanol–water partition coefficient (Wildman–Crippen LogP) is 1.30. The fourth-order valence-electron chi connectivity index (χ4n) is 2.29. The van der Waals surface area contributed by atoms with Crippen molar-refractivity contribution in [2.45, 2.75) is 31.9 Å². The van der Waals surface area contributed by atoms with Gasteiger partial charge in [0.1, 0.15) is 6.04 Å². The van der Waals surface area contributed by atoms with E-state index in [9.17, 15) is 14.7 Å². The molecule has 0 saturated carbocycles. The summed E-state index contributed by atoms with van der Waals surface area (Å²) < 4.78 is 0. The third kappa shape index (κ3) is 3.08. The standard InChI is InChI=1S/C14H18N2O4/c1-2-9-3-5-10(6-4-9)15-14(20)16-8-11(17)7-12(16)13(18)19/h3-6,11-12,17H,2,7-8H2,1H3,(H,15,20)(H,18,19)/t11-,12-/m0/s1. The monoisotopic (exact) mass is 278 g/mol. The highest BCUT2D eigenvalue weighted by molar-refractivity contribution is 5.92. The average molecular weight is 278 g/mol. The number of carboxylic acid groups (broad SMARTS) is 1. The number of nitrogens with one attached hydrogen (secondary N) is 1. The van der Waals surface area contributed by atoms with Gasteiger partial charge in [0.25, 0.3) is 0 Å². The summed E-state index contributed by atoms with van der Waals surface area (Å²) in [5.74, 6) is -1.10. The van der Waals surface area contributed by atoms with Gasteiger partial charge in [0.2, 0.25) is 0 Å². The lowest BCUT2D eigenvalue weighted by Gasteiger charge is -2.21. The SMILES string of the molecule is CCc1ccc(NC(=O)N2C[C@@H](O)C[C@H]2C(=O)O)cc1. The molecule has 0 spiro atoms. The molecular formula is C14H18N2O4. The molecule has 1 heterocycles. The Morgan fingerprint density at radius 3 is 2.55 bits per heavy atom. The molecule has 1 saturated heterocycles. The molecular weight excluding hydrogens is 260 g/mol. The number of hydrogen-bond acceptors (Lipinski definition) is 3. The van der Waals surface area contributed by atoms with Crippen LogP contribution in [0.4, 0.5) is 10.5 Å². The Kier molecular flexibility index (Phi) is 4.24. The van der Waals surface area contributed by atoms with E-state index in [0.717, 1.165) is 16.9 Å². The lowest BCUT2D eigenvalue weighted by molar-refractivity contribution is -0.141. The van der Waals surface area contributed by atoms with Crippen LogP contribution in [0.1, 0.15) is 18.9 Å². The second kappa shape index (κ2) is 5.92. The van der Waals surface area contributed by atoms with Crippen molar-refractivity contribution in [3.63, 3.8) is 0 Å². The number of aliphatic carboxylic acids is 1. The molecule has 1 aromatic rings. The largest absolute Gasteiger partial charge is 0.480 e. The van der Waals surface area contributed by atoms with E-state index in [-0.39, 0.29) is 13.0 Å². The van der Waals surface area contributed by atoms with Gasteiger partial charge in [-0.15, -0.1) is 0 Å². The second-order valence-corrected chi connectivity index (χ2v) is 4.88. The summed E-state index contributed by atoms with van der Waals surface area (Å²) in [5.41, 5.74) is 1.76. The molecule has 6 heteroatoms. The Morgan fingerprint density at radius 2 is 2.00 bits per heavy atom. The van der Waals surface area contributed by atoms with E-state index in [2.05, 4.69) is 5.32 Å². The smallest absolute Gasteiger partial charge is 0.326 e. The van der Waals surface area contributed by atoms with E-state index >= 15 is 0 Å². The van der Waals surface area contributed by atoms with Crippen LogP contribution in [0, 0.1) is 0 Å². The van der Waals surface area contributed by atoms with Crippen LogP contribution in [0.15, 0.2) is 24.3 Å². The zero-order valence-electron chi connectivity index (χ0n) is 11.2. The van der Waals surface area contributed by atoms with Crippen molar-refractivity contribution >= 4 is 17.7 Å². The molecule has 1 aliphatic heterocycles. The molecule has 20 heavy (non-hydrogen) atoms. The van der Waals surface area contributed by atoms with Crippen LogP contribution in [-0.4, -0.2) is 45.8 Å². The van der Waals surface area contributed by atoms with Crippen molar-refractivity contribution in [2.24, 2.45) is 0 Å². The molecule has 108 valence electrons. The fraction of sp³-hybridized carbons (Fsp3) is 0.429. The number of rotatable bonds is 3. The van der Waals surface area contributed by atoms with Gasteiger partial charge >= 0.3 is 12.0 Å². The van der Waals surface area contributed by atoms with E-state index < -0.39 is 24.1 Å². The molecule has 3 N–H and O–H groups in total. The molecule has 1 aliphatic rings. The molecule has 2 atom stereocenters. The average Bonchev–Trinajstić information content (AvgIpc) is 2.82. The van der Waals surface area contributed by atoms with Crippen LogP contribution < -0.4 is 5.32 Å². The number of aliphatic hydroxyl groups is 1. The zero-order chi connectivity index (χ0) is 14.7. The summed E-state index contributed by atoms with van der Waals surface area (Å²) in [6.45, 7) is 2.08. The first kappa shape index (κ1) is 14.3. The summed E-state index contributed by atoms with van der Waals surface area (Å²) in [6, 6.07) is 5.89. The number of aryl methyl sites for hydroxylation is 1. The number of aliphatic hydroxyl groups excluding tert-OH is 1. The third-order valence-corrected chi connectivity index (χ3v) is 3.44. The minimum absolute atomic E-state index is 0.0375. The molecule has 0 aromatic heterocycles. The first-order chi connectivity index (χ1) is 9.51. The number of anilines is 1.